The summed E-state index contributed by atoms with van der Waals surface area (Å²) in [5.41, 5.74) is 2.53. The lowest BCUT2D eigenvalue weighted by Crippen LogP contribution is -2.10. The predicted octanol–water partition coefficient (Wildman–Crippen LogP) is 2.45. The van der Waals surface area contributed by atoms with Gasteiger partial charge >= 0.3 is 0 Å². The minimum Gasteiger partial charge on any atom is -0.355 e. The number of aryl methyl sites for hydroxylation is 1. The highest BCUT2D eigenvalue weighted by molar-refractivity contribution is 7.99. The van der Waals surface area contributed by atoms with Gasteiger partial charge in [-0.3, -0.25) is 9.59 Å². The molecule has 2 aromatic heterocycles. The number of hydrogen-bond donors (Lipinski definition) is 1. The van der Waals surface area contributed by atoms with E-state index in [1.807, 2.05) is 0 Å². The van der Waals surface area contributed by atoms with Crippen LogP contribution in [-0.4, -0.2) is 42.5 Å². The summed E-state index contributed by atoms with van der Waals surface area (Å²) in [5.74, 6) is 0.530. The first-order valence-corrected chi connectivity index (χ1v) is 8.42. The Morgan fingerprint density at radius 3 is 2.57 bits per heavy atom. The Bertz CT molecular complexity index is 732. The maximum absolute atomic E-state index is 12.4. The Hall–Kier alpha value is -1.96. The molecule has 0 aliphatic carbocycles. The van der Waals surface area contributed by atoms with Crippen molar-refractivity contribution in [1.82, 2.24) is 25.2 Å². The summed E-state index contributed by atoms with van der Waals surface area (Å²) in [6.07, 6.45) is 0. The first kappa shape index (κ1) is 17.4. The summed E-state index contributed by atoms with van der Waals surface area (Å²) in [6.45, 7) is 9.97. The van der Waals surface area contributed by atoms with Crippen LogP contribution in [0.25, 0.3) is 0 Å². The van der Waals surface area contributed by atoms with Crippen LogP contribution in [0.5, 0.6) is 0 Å². The molecule has 0 saturated heterocycles. The molecule has 0 saturated carbocycles. The third-order valence-corrected chi connectivity index (χ3v) is 4.40. The highest BCUT2D eigenvalue weighted by Gasteiger charge is 2.20. The van der Waals surface area contributed by atoms with Gasteiger partial charge in [-0.1, -0.05) is 25.6 Å². The number of thioether (sulfide) groups is 1. The Labute approximate surface area is 139 Å². The van der Waals surface area contributed by atoms with Crippen molar-refractivity contribution in [3.05, 3.63) is 22.5 Å². The fraction of sp³-hybridized carbons (Fsp3) is 0.533. The largest absolute Gasteiger partial charge is 0.355 e. The maximum atomic E-state index is 12.4. The average Bonchev–Trinajstić information content (AvgIpc) is 2.99. The smallest absolute Gasteiger partial charge is 0.209 e. The molecule has 0 unspecified atom stereocenters. The van der Waals surface area contributed by atoms with Crippen molar-refractivity contribution in [2.75, 3.05) is 5.75 Å². The van der Waals surface area contributed by atoms with E-state index >= 15 is 0 Å². The summed E-state index contributed by atoms with van der Waals surface area (Å²) >= 11 is 1.30. The predicted molar refractivity (Wildman–Crippen MR) is 88.0 cm³/mol. The lowest BCUT2D eigenvalue weighted by Gasteiger charge is -2.06. The summed E-state index contributed by atoms with van der Waals surface area (Å²) in [7, 11) is 0. The molecule has 2 rings (SSSR count). The van der Waals surface area contributed by atoms with Gasteiger partial charge in [-0.2, -0.15) is 0 Å². The number of carbonyl (C=O) groups is 2. The van der Waals surface area contributed by atoms with Gasteiger partial charge in [0.15, 0.2) is 11.6 Å². The molecular weight excluding hydrogens is 314 g/mol. The third kappa shape index (κ3) is 3.87. The van der Waals surface area contributed by atoms with Crippen molar-refractivity contribution in [3.63, 3.8) is 0 Å². The molecule has 0 atom stereocenters. The number of aromatic nitrogens is 5. The minimum absolute atomic E-state index is 0.0381. The fourth-order valence-corrected chi connectivity index (χ4v) is 3.28. The Morgan fingerprint density at radius 1 is 1.30 bits per heavy atom. The molecule has 0 aliphatic heterocycles. The van der Waals surface area contributed by atoms with Gasteiger partial charge in [-0.25, -0.2) is 4.68 Å². The zero-order valence-corrected chi connectivity index (χ0v) is 14.8. The Balaban J connectivity index is 2.11. The molecule has 0 bridgehead atoms. The number of aromatic amines is 1. The standard InChI is InChI=1S/C15H21N5O2S/c1-8(2)6-20-15(17-18-19-20)23-7-12(22)14-9(3)13(11(5)21)10(4)16-14/h8,16H,6-7H2,1-5H3. The zero-order valence-electron chi connectivity index (χ0n) is 14.0. The van der Waals surface area contributed by atoms with Crippen molar-refractivity contribution in [2.24, 2.45) is 5.92 Å². The van der Waals surface area contributed by atoms with Gasteiger partial charge in [-0.15, -0.1) is 5.10 Å². The molecule has 8 heteroatoms. The molecule has 2 aromatic rings. The normalized spacial score (nSPS) is 11.2. The van der Waals surface area contributed by atoms with Crippen LogP contribution in [0.3, 0.4) is 0 Å². The van der Waals surface area contributed by atoms with E-state index < -0.39 is 0 Å². The summed E-state index contributed by atoms with van der Waals surface area (Å²) < 4.78 is 1.70. The van der Waals surface area contributed by atoms with Crippen LogP contribution in [0, 0.1) is 19.8 Å². The average molecular weight is 335 g/mol. The molecule has 0 aromatic carbocycles. The van der Waals surface area contributed by atoms with Gasteiger partial charge in [0.2, 0.25) is 5.16 Å². The van der Waals surface area contributed by atoms with E-state index in [2.05, 4.69) is 34.4 Å². The van der Waals surface area contributed by atoms with Gasteiger partial charge < -0.3 is 4.98 Å². The van der Waals surface area contributed by atoms with Crippen LogP contribution in [0.4, 0.5) is 0 Å². The van der Waals surface area contributed by atoms with Crippen LogP contribution >= 0.6 is 11.8 Å². The topological polar surface area (TPSA) is 93.5 Å². The lowest BCUT2D eigenvalue weighted by atomic mass is 10.1. The second kappa shape index (κ2) is 7.08. The van der Waals surface area contributed by atoms with E-state index in [0.29, 0.717) is 34.4 Å². The number of ketones is 2. The van der Waals surface area contributed by atoms with E-state index in [0.717, 1.165) is 5.69 Å². The fourth-order valence-electron chi connectivity index (χ4n) is 2.52. The molecule has 0 amide bonds. The molecule has 0 spiro atoms. The van der Waals surface area contributed by atoms with Crippen LogP contribution in [0.2, 0.25) is 0 Å². The van der Waals surface area contributed by atoms with Gasteiger partial charge in [0.25, 0.3) is 0 Å². The monoisotopic (exact) mass is 335 g/mol. The van der Waals surface area contributed by atoms with Gasteiger partial charge in [-0.05, 0) is 42.7 Å². The lowest BCUT2D eigenvalue weighted by molar-refractivity contribution is 0.101. The van der Waals surface area contributed by atoms with Crippen molar-refractivity contribution < 1.29 is 9.59 Å². The van der Waals surface area contributed by atoms with Crippen molar-refractivity contribution in [3.8, 4) is 0 Å². The molecule has 7 nitrogen and oxygen atoms in total. The summed E-state index contributed by atoms with van der Waals surface area (Å²) in [4.78, 5) is 27.1. The summed E-state index contributed by atoms with van der Waals surface area (Å²) in [5, 5.41) is 12.2. The Morgan fingerprint density at radius 2 is 2.00 bits per heavy atom. The number of carbonyl (C=O) groups excluding carboxylic acids is 2. The minimum atomic E-state index is -0.0674. The van der Waals surface area contributed by atoms with E-state index in [4.69, 9.17) is 0 Å². The number of nitrogens with one attached hydrogen (secondary N) is 1. The second-order valence-corrected chi connectivity index (χ2v) is 6.87. The number of tetrazole rings is 1. The maximum Gasteiger partial charge on any atom is 0.209 e. The van der Waals surface area contributed by atoms with E-state index in [9.17, 15) is 9.59 Å². The molecule has 2 heterocycles. The van der Waals surface area contributed by atoms with E-state index in [1.54, 1.807) is 18.5 Å². The quantitative estimate of drug-likeness (QED) is 0.617. The number of H-pyrrole nitrogens is 1. The van der Waals surface area contributed by atoms with Crippen LogP contribution < -0.4 is 0 Å². The van der Waals surface area contributed by atoms with E-state index in [-0.39, 0.29) is 17.3 Å². The SMILES string of the molecule is CC(=O)c1c(C)[nH]c(C(=O)CSc2nnnn2CC(C)C)c1C. The van der Waals surface area contributed by atoms with Crippen LogP contribution in [-0.2, 0) is 6.54 Å². The second-order valence-electron chi connectivity index (χ2n) is 5.93. The molecule has 0 fully saturated rings. The molecule has 0 aliphatic rings. The number of nitrogens with zero attached hydrogens (tertiary/aromatic N) is 4. The third-order valence-electron chi connectivity index (χ3n) is 3.44. The van der Waals surface area contributed by atoms with Crippen molar-refractivity contribution in [1.29, 1.82) is 0 Å². The van der Waals surface area contributed by atoms with Crippen molar-refractivity contribution >= 4 is 23.3 Å². The number of hydrogen-bond acceptors (Lipinski definition) is 6. The molecule has 124 valence electrons. The number of rotatable bonds is 7. The van der Waals surface area contributed by atoms with Crippen LogP contribution in [0.15, 0.2) is 5.16 Å². The first-order chi connectivity index (χ1) is 10.8. The molecule has 23 heavy (non-hydrogen) atoms. The van der Waals surface area contributed by atoms with Gasteiger partial charge in [0.05, 0.1) is 11.4 Å². The zero-order chi connectivity index (χ0) is 17.1. The summed E-state index contributed by atoms with van der Waals surface area (Å²) in [6, 6.07) is 0. The highest BCUT2D eigenvalue weighted by atomic mass is 32.2. The first-order valence-electron chi connectivity index (χ1n) is 7.43. The molecular formula is C15H21N5O2S. The Kier molecular flexibility index (Phi) is 5.35. The van der Waals surface area contributed by atoms with Crippen LogP contribution in [0.1, 0.15) is 52.9 Å². The van der Waals surface area contributed by atoms with Gasteiger partial charge in [0.1, 0.15) is 0 Å². The highest BCUT2D eigenvalue weighted by Crippen LogP contribution is 2.22. The van der Waals surface area contributed by atoms with Gasteiger partial charge in [0, 0.05) is 17.8 Å². The van der Waals surface area contributed by atoms with E-state index in [1.165, 1.54) is 18.7 Å². The molecule has 0 radical (unpaired) electrons. The van der Waals surface area contributed by atoms with Crippen molar-refractivity contribution in [2.45, 2.75) is 46.3 Å². The number of Topliss-reactive ketones (excluding diaryl/α,β-unsaturated/α-hetero) is 2. The molecule has 1 N–H and O–H groups in total.